The van der Waals surface area contributed by atoms with E-state index in [4.69, 9.17) is 0 Å². The minimum atomic E-state index is -8.38. The van der Waals surface area contributed by atoms with E-state index < -0.39 is 59.9 Å². The maximum absolute atomic E-state index is 13.6. The summed E-state index contributed by atoms with van der Waals surface area (Å²) >= 11 is 0. The van der Waals surface area contributed by atoms with Crippen molar-refractivity contribution in [3.63, 3.8) is 0 Å². The molecule has 1 aromatic carbocycles. The molecule has 1 aromatic rings. The smallest absolute Gasteiger partial charge is 0.455 e. The molecule has 0 saturated carbocycles. The van der Waals surface area contributed by atoms with Crippen LogP contribution < -0.4 is 0 Å². The van der Waals surface area contributed by atoms with Crippen molar-refractivity contribution in [2.45, 2.75) is 48.6 Å². The van der Waals surface area contributed by atoms with Crippen LogP contribution in [0.2, 0.25) is 0 Å². The summed E-state index contributed by atoms with van der Waals surface area (Å²) in [6, 6.07) is 4.02. The first-order valence-electron chi connectivity index (χ1n) is 7.96. The topological polar surface area (TPSA) is 26.3 Å². The van der Waals surface area contributed by atoms with Gasteiger partial charge in [0.2, 0.25) is 0 Å². The van der Waals surface area contributed by atoms with Crippen LogP contribution in [-0.4, -0.2) is 54.3 Å². The third kappa shape index (κ3) is 4.41. The highest BCUT2D eigenvalue weighted by Gasteiger charge is 2.93. The molecule has 2 nitrogen and oxygen atoms in total. The average molecular weight is 518 g/mol. The highest BCUT2D eigenvalue weighted by Crippen LogP contribution is 2.62. The largest absolute Gasteiger partial charge is 0.460 e. The van der Waals surface area contributed by atoms with Crippen LogP contribution in [0.5, 0.6) is 0 Å². The van der Waals surface area contributed by atoms with Crippen LogP contribution in [0.1, 0.15) is 15.9 Å². The molecule has 0 heterocycles. The average Bonchev–Trinajstić information content (AvgIpc) is 2.65. The maximum atomic E-state index is 13.6. The van der Waals surface area contributed by atoms with Crippen LogP contribution in [0.3, 0.4) is 0 Å². The fraction of sp³-hybridized carbons (Fsp3) is 0.562. The van der Waals surface area contributed by atoms with Gasteiger partial charge in [0, 0.05) is 0 Å². The Morgan fingerprint density at radius 2 is 1.00 bits per heavy atom. The lowest BCUT2D eigenvalue weighted by molar-refractivity contribution is -0.453. The molecule has 0 bridgehead atoms. The minimum Gasteiger partial charge on any atom is -0.455 e. The van der Waals surface area contributed by atoms with Crippen molar-refractivity contribution < 1.29 is 75.4 Å². The van der Waals surface area contributed by atoms with Crippen molar-refractivity contribution >= 4 is 5.97 Å². The van der Waals surface area contributed by atoms with E-state index in [1.807, 2.05) is 0 Å². The SMILES string of the molecule is Cc1ccc(C(=O)OCC(F)(F)C(F)(F)C(F)(F)C(F)(F)C(F)(F)C(F)(F)C(F)(F)F)cc1. The molecule has 0 aliphatic carbocycles. The minimum absolute atomic E-state index is 0.474. The summed E-state index contributed by atoms with van der Waals surface area (Å²) in [4.78, 5) is 11.5. The number of aryl methyl sites for hydroxylation is 1. The number of alkyl halides is 15. The predicted octanol–water partition coefficient (Wildman–Crippen LogP) is 6.53. The van der Waals surface area contributed by atoms with Crippen molar-refractivity contribution in [3.8, 4) is 0 Å². The van der Waals surface area contributed by atoms with Crippen LogP contribution in [0.15, 0.2) is 24.3 Å². The third-order valence-corrected chi connectivity index (χ3v) is 4.06. The zero-order chi connectivity index (χ0) is 26.5. The fourth-order valence-electron chi connectivity index (χ4n) is 2.02. The van der Waals surface area contributed by atoms with Gasteiger partial charge in [-0.15, -0.1) is 0 Å². The molecule has 0 N–H and O–H groups in total. The molecule has 33 heavy (non-hydrogen) atoms. The van der Waals surface area contributed by atoms with E-state index in [-0.39, 0.29) is 0 Å². The summed E-state index contributed by atoms with van der Waals surface area (Å²) in [6.07, 6.45) is -7.67. The standard InChI is InChI=1S/C16H9F15O2/c1-7-2-4-8(5-3-7)9(32)33-6-10(17,18)11(19,20)12(21,22)13(23,24)14(25,26)15(27,28)16(29,30)31/h2-5H,6H2,1H3. The molecule has 0 fully saturated rings. The van der Waals surface area contributed by atoms with E-state index in [1.165, 1.54) is 6.92 Å². The quantitative estimate of drug-likeness (QED) is 0.289. The van der Waals surface area contributed by atoms with Crippen molar-refractivity contribution in [2.75, 3.05) is 6.61 Å². The number of carbonyl (C=O) groups excluding carboxylic acids is 1. The second-order valence-electron chi connectivity index (χ2n) is 6.52. The van der Waals surface area contributed by atoms with E-state index in [1.54, 1.807) is 0 Å². The van der Waals surface area contributed by atoms with Gasteiger partial charge in [-0.25, -0.2) is 4.79 Å². The third-order valence-electron chi connectivity index (χ3n) is 4.06. The van der Waals surface area contributed by atoms with E-state index in [2.05, 4.69) is 4.74 Å². The lowest BCUT2D eigenvalue weighted by atomic mass is 9.91. The molecule has 0 unspecified atom stereocenters. The number of hydrogen-bond acceptors (Lipinski definition) is 2. The first kappa shape index (κ1) is 28.7. The van der Waals surface area contributed by atoms with Gasteiger partial charge in [0.1, 0.15) is 0 Å². The van der Waals surface area contributed by atoms with Crippen LogP contribution in [0.4, 0.5) is 65.9 Å². The van der Waals surface area contributed by atoms with Gasteiger partial charge in [-0.2, -0.15) is 65.9 Å². The summed E-state index contributed by atoms with van der Waals surface area (Å²) in [5, 5.41) is 0. The Morgan fingerprint density at radius 1 is 0.636 bits per heavy atom. The molecule has 17 heteroatoms. The molecular weight excluding hydrogens is 509 g/mol. The second kappa shape index (κ2) is 8.14. The Hall–Kier alpha value is -2.36. The van der Waals surface area contributed by atoms with Gasteiger partial charge in [0.15, 0.2) is 6.61 Å². The van der Waals surface area contributed by atoms with Crippen LogP contribution in [0.25, 0.3) is 0 Å². The number of carbonyl (C=O) groups is 1. The van der Waals surface area contributed by atoms with Gasteiger partial charge < -0.3 is 4.74 Å². The molecule has 0 spiro atoms. The zero-order valence-corrected chi connectivity index (χ0v) is 15.5. The number of hydrogen-bond donors (Lipinski definition) is 0. The Morgan fingerprint density at radius 3 is 1.39 bits per heavy atom. The Kier molecular flexibility index (Phi) is 7.08. The van der Waals surface area contributed by atoms with Gasteiger partial charge in [-0.1, -0.05) is 17.7 Å². The lowest BCUT2D eigenvalue weighted by Gasteiger charge is -2.41. The molecule has 0 saturated heterocycles. The first-order valence-corrected chi connectivity index (χ1v) is 7.96. The highest BCUT2D eigenvalue weighted by atomic mass is 19.4. The summed E-state index contributed by atoms with van der Waals surface area (Å²) < 4.78 is 199. The molecule has 0 aromatic heterocycles. The van der Waals surface area contributed by atoms with Crippen LogP contribution in [0, 0.1) is 6.92 Å². The van der Waals surface area contributed by atoms with E-state index in [0.717, 1.165) is 24.3 Å². The van der Waals surface area contributed by atoms with Gasteiger partial charge >= 0.3 is 47.7 Å². The summed E-state index contributed by atoms with van der Waals surface area (Å²) in [5.41, 5.74) is -0.171. The molecular formula is C16H9F15O2. The summed E-state index contributed by atoms with van der Waals surface area (Å²) in [6.45, 7) is -1.70. The molecule has 1 rings (SSSR count). The predicted molar refractivity (Wildman–Crippen MR) is 77.2 cm³/mol. The van der Waals surface area contributed by atoms with Crippen molar-refractivity contribution in [1.29, 1.82) is 0 Å². The molecule has 190 valence electrons. The van der Waals surface area contributed by atoms with E-state index in [0.29, 0.717) is 5.56 Å². The van der Waals surface area contributed by atoms with Gasteiger partial charge in [0.25, 0.3) is 0 Å². The summed E-state index contributed by atoms with van der Waals surface area (Å²) in [5.74, 6) is -49.2. The maximum Gasteiger partial charge on any atom is 0.460 e. The van der Waals surface area contributed by atoms with Crippen LogP contribution in [-0.2, 0) is 4.74 Å². The van der Waals surface area contributed by atoms with Crippen molar-refractivity contribution in [1.82, 2.24) is 0 Å². The Balaban J connectivity index is 3.30. The highest BCUT2D eigenvalue weighted by molar-refractivity contribution is 5.89. The Labute approximate surface area is 173 Å². The number of rotatable bonds is 8. The van der Waals surface area contributed by atoms with Crippen molar-refractivity contribution in [3.05, 3.63) is 35.4 Å². The molecule has 0 atom stereocenters. The lowest BCUT2D eigenvalue weighted by Crippen LogP contribution is -2.73. The first-order chi connectivity index (χ1) is 14.4. The van der Waals surface area contributed by atoms with Gasteiger partial charge in [-0.05, 0) is 19.1 Å². The van der Waals surface area contributed by atoms with Crippen molar-refractivity contribution in [2.24, 2.45) is 0 Å². The number of esters is 1. The zero-order valence-electron chi connectivity index (χ0n) is 15.5. The number of halogens is 15. The Bertz CT molecular complexity index is 856. The monoisotopic (exact) mass is 518 g/mol. The van der Waals surface area contributed by atoms with Gasteiger partial charge in [-0.3, -0.25) is 0 Å². The summed E-state index contributed by atoms with van der Waals surface area (Å²) in [7, 11) is 0. The molecule has 0 amide bonds. The van der Waals surface area contributed by atoms with Crippen LogP contribution >= 0.6 is 0 Å². The van der Waals surface area contributed by atoms with E-state index >= 15 is 0 Å². The number of ether oxygens (including phenoxy) is 1. The molecule has 0 radical (unpaired) electrons. The van der Waals surface area contributed by atoms with Gasteiger partial charge in [0.05, 0.1) is 5.56 Å². The number of benzene rings is 1. The normalized spacial score (nSPS) is 14.9. The second-order valence-corrected chi connectivity index (χ2v) is 6.52. The fourth-order valence-corrected chi connectivity index (χ4v) is 2.02. The van der Waals surface area contributed by atoms with E-state index in [9.17, 15) is 70.7 Å². The molecule has 0 aliphatic heterocycles. The molecule has 0 aliphatic rings.